The minimum atomic E-state index is -0.429. The molecule has 1 aliphatic carbocycles. The van der Waals surface area contributed by atoms with E-state index in [1.54, 1.807) is 24.3 Å². The molecule has 1 unspecified atom stereocenters. The van der Waals surface area contributed by atoms with Crippen LogP contribution < -0.4 is 16.6 Å². The van der Waals surface area contributed by atoms with Gasteiger partial charge in [-0.1, -0.05) is 50.2 Å². The number of nitrogens with one attached hydrogen (secondary N) is 1. The van der Waals surface area contributed by atoms with Crippen molar-refractivity contribution in [1.29, 1.82) is 0 Å². The Kier molecular flexibility index (Phi) is 5.57. The van der Waals surface area contributed by atoms with Crippen LogP contribution in [0.5, 0.6) is 0 Å². The number of fused-ring (bicyclic) bond motifs is 2. The molecule has 0 aliphatic heterocycles. The molecular formula is C24H27N3O3. The van der Waals surface area contributed by atoms with Crippen molar-refractivity contribution in [1.82, 2.24) is 14.5 Å². The smallest absolute Gasteiger partial charge is 0.331 e. The molecule has 1 heterocycles. The Morgan fingerprint density at radius 3 is 2.60 bits per heavy atom. The second-order valence-corrected chi connectivity index (χ2v) is 8.38. The Labute approximate surface area is 175 Å². The van der Waals surface area contributed by atoms with Gasteiger partial charge < -0.3 is 5.32 Å². The number of nitrogens with zero attached hydrogens (tertiary/aromatic N) is 2. The molecule has 0 fully saturated rings. The van der Waals surface area contributed by atoms with Gasteiger partial charge in [0.25, 0.3) is 5.56 Å². The van der Waals surface area contributed by atoms with Crippen molar-refractivity contribution < 1.29 is 4.79 Å². The first-order chi connectivity index (χ1) is 14.5. The van der Waals surface area contributed by atoms with Crippen LogP contribution in [0.2, 0.25) is 0 Å². The number of benzene rings is 2. The highest BCUT2D eigenvalue weighted by Gasteiger charge is 2.24. The third-order valence-corrected chi connectivity index (χ3v) is 5.83. The Morgan fingerprint density at radius 2 is 1.80 bits per heavy atom. The van der Waals surface area contributed by atoms with Gasteiger partial charge in [-0.15, -0.1) is 0 Å². The highest BCUT2D eigenvalue weighted by Crippen LogP contribution is 2.30. The van der Waals surface area contributed by atoms with Gasteiger partial charge in [0, 0.05) is 6.54 Å². The van der Waals surface area contributed by atoms with Gasteiger partial charge in [-0.05, 0) is 48.4 Å². The zero-order chi connectivity index (χ0) is 21.3. The topological polar surface area (TPSA) is 73.1 Å². The van der Waals surface area contributed by atoms with E-state index >= 15 is 0 Å². The number of rotatable bonds is 6. The molecule has 6 heteroatoms. The van der Waals surface area contributed by atoms with Gasteiger partial charge in [0.2, 0.25) is 5.91 Å². The molecule has 4 rings (SSSR count). The first-order valence-corrected chi connectivity index (χ1v) is 10.5. The van der Waals surface area contributed by atoms with E-state index < -0.39 is 5.69 Å². The van der Waals surface area contributed by atoms with Crippen LogP contribution in [0.25, 0.3) is 10.9 Å². The summed E-state index contributed by atoms with van der Waals surface area (Å²) in [5.74, 6) is 0.139. The summed E-state index contributed by atoms with van der Waals surface area (Å²) < 4.78 is 2.69. The SMILES string of the molecule is CC(C)CCn1c(=O)c2ccccc2n(CC(=O)NC2CCc3ccccc32)c1=O. The Bertz CT molecular complexity index is 1210. The van der Waals surface area contributed by atoms with E-state index in [0.717, 1.165) is 24.8 Å². The van der Waals surface area contributed by atoms with Crippen LogP contribution in [0.15, 0.2) is 58.1 Å². The molecule has 3 aromatic rings. The fourth-order valence-corrected chi connectivity index (χ4v) is 4.20. The van der Waals surface area contributed by atoms with Gasteiger partial charge in [-0.25, -0.2) is 4.79 Å². The first kappa shape index (κ1) is 20.1. The summed E-state index contributed by atoms with van der Waals surface area (Å²) in [5.41, 5.74) is 2.17. The third-order valence-electron chi connectivity index (χ3n) is 5.83. The fraction of sp³-hybridized carbons (Fsp3) is 0.375. The van der Waals surface area contributed by atoms with Crippen molar-refractivity contribution in [2.75, 3.05) is 0 Å². The second-order valence-electron chi connectivity index (χ2n) is 8.38. The Hall–Kier alpha value is -3.15. The van der Waals surface area contributed by atoms with Crippen molar-refractivity contribution in [2.24, 2.45) is 5.92 Å². The molecule has 1 atom stereocenters. The Morgan fingerprint density at radius 1 is 1.07 bits per heavy atom. The zero-order valence-electron chi connectivity index (χ0n) is 17.4. The lowest BCUT2D eigenvalue weighted by atomic mass is 10.1. The molecule has 0 bridgehead atoms. The summed E-state index contributed by atoms with van der Waals surface area (Å²) in [6, 6.07) is 15.1. The maximum atomic E-state index is 13.1. The molecule has 2 aromatic carbocycles. The molecule has 1 aromatic heterocycles. The van der Waals surface area contributed by atoms with Gasteiger partial charge in [0.05, 0.1) is 16.9 Å². The van der Waals surface area contributed by atoms with E-state index in [0.29, 0.717) is 23.4 Å². The lowest BCUT2D eigenvalue weighted by molar-refractivity contribution is -0.122. The molecule has 1 N–H and O–H groups in total. The van der Waals surface area contributed by atoms with E-state index in [1.807, 2.05) is 18.2 Å². The highest BCUT2D eigenvalue weighted by molar-refractivity contribution is 5.82. The minimum Gasteiger partial charge on any atom is -0.348 e. The third kappa shape index (κ3) is 3.82. The molecule has 156 valence electrons. The number of para-hydroxylation sites is 1. The summed E-state index contributed by atoms with van der Waals surface area (Å²) >= 11 is 0. The van der Waals surface area contributed by atoms with Crippen LogP contribution in [-0.2, 0) is 24.3 Å². The molecule has 30 heavy (non-hydrogen) atoms. The van der Waals surface area contributed by atoms with Crippen LogP contribution in [0.4, 0.5) is 0 Å². The molecule has 1 aliphatic rings. The number of hydrogen-bond donors (Lipinski definition) is 1. The minimum absolute atomic E-state index is 0.0393. The predicted molar refractivity (Wildman–Crippen MR) is 118 cm³/mol. The zero-order valence-corrected chi connectivity index (χ0v) is 17.4. The van der Waals surface area contributed by atoms with Gasteiger partial charge in [-0.3, -0.25) is 18.7 Å². The molecule has 1 amide bonds. The molecular weight excluding hydrogens is 378 g/mol. The average molecular weight is 405 g/mol. The number of carbonyl (C=O) groups excluding carboxylic acids is 1. The molecule has 0 saturated carbocycles. The van der Waals surface area contributed by atoms with E-state index in [-0.39, 0.29) is 24.1 Å². The Balaban J connectivity index is 1.66. The summed E-state index contributed by atoms with van der Waals surface area (Å²) in [7, 11) is 0. The molecule has 6 nitrogen and oxygen atoms in total. The lowest BCUT2D eigenvalue weighted by Crippen LogP contribution is -2.43. The van der Waals surface area contributed by atoms with Gasteiger partial charge in [-0.2, -0.15) is 0 Å². The van der Waals surface area contributed by atoms with E-state index in [1.165, 1.54) is 14.7 Å². The van der Waals surface area contributed by atoms with Crippen molar-refractivity contribution in [2.45, 2.75) is 52.2 Å². The van der Waals surface area contributed by atoms with Crippen molar-refractivity contribution in [3.63, 3.8) is 0 Å². The first-order valence-electron chi connectivity index (χ1n) is 10.5. The summed E-state index contributed by atoms with van der Waals surface area (Å²) in [5, 5.41) is 3.53. The number of aromatic nitrogens is 2. The number of aryl methyl sites for hydroxylation is 1. The molecule has 0 spiro atoms. The van der Waals surface area contributed by atoms with E-state index in [4.69, 9.17) is 0 Å². The van der Waals surface area contributed by atoms with Gasteiger partial charge >= 0.3 is 5.69 Å². The predicted octanol–water partition coefficient (Wildman–Crippen LogP) is 3.01. The largest absolute Gasteiger partial charge is 0.348 e. The molecule has 0 saturated heterocycles. The quantitative estimate of drug-likeness (QED) is 0.685. The number of hydrogen-bond acceptors (Lipinski definition) is 3. The van der Waals surface area contributed by atoms with Crippen molar-refractivity contribution in [3.05, 3.63) is 80.5 Å². The number of amides is 1. The van der Waals surface area contributed by atoms with Crippen LogP contribution in [0, 0.1) is 5.92 Å². The van der Waals surface area contributed by atoms with Crippen LogP contribution >= 0.6 is 0 Å². The van der Waals surface area contributed by atoms with Crippen LogP contribution in [0.3, 0.4) is 0 Å². The van der Waals surface area contributed by atoms with Crippen LogP contribution in [0.1, 0.15) is 43.9 Å². The monoisotopic (exact) mass is 405 g/mol. The average Bonchev–Trinajstić information content (AvgIpc) is 3.14. The van der Waals surface area contributed by atoms with Gasteiger partial charge in [0.1, 0.15) is 6.54 Å². The molecule has 0 radical (unpaired) electrons. The normalized spacial score (nSPS) is 15.5. The summed E-state index contributed by atoms with van der Waals surface area (Å²) in [6.07, 6.45) is 2.51. The summed E-state index contributed by atoms with van der Waals surface area (Å²) in [6.45, 7) is 4.34. The number of carbonyl (C=O) groups is 1. The van der Waals surface area contributed by atoms with Crippen LogP contribution in [-0.4, -0.2) is 15.0 Å². The standard InChI is InChI=1S/C24H27N3O3/c1-16(2)13-14-26-23(29)19-9-5-6-10-21(19)27(24(26)30)15-22(28)25-20-12-11-17-7-3-4-8-18(17)20/h3-10,16,20H,11-15H2,1-2H3,(H,25,28). The van der Waals surface area contributed by atoms with E-state index in [2.05, 4.69) is 25.2 Å². The lowest BCUT2D eigenvalue weighted by Gasteiger charge is -2.17. The summed E-state index contributed by atoms with van der Waals surface area (Å²) in [4.78, 5) is 38.9. The van der Waals surface area contributed by atoms with Crippen molar-refractivity contribution >= 4 is 16.8 Å². The van der Waals surface area contributed by atoms with E-state index in [9.17, 15) is 14.4 Å². The van der Waals surface area contributed by atoms with Gasteiger partial charge in [0.15, 0.2) is 0 Å². The maximum Gasteiger partial charge on any atom is 0.331 e. The van der Waals surface area contributed by atoms with Crippen molar-refractivity contribution in [3.8, 4) is 0 Å². The highest BCUT2D eigenvalue weighted by atomic mass is 16.2. The fourth-order valence-electron chi connectivity index (χ4n) is 4.20. The second kappa shape index (κ2) is 8.30. The maximum absolute atomic E-state index is 13.1.